The summed E-state index contributed by atoms with van der Waals surface area (Å²) in [4.78, 5) is 16.1. The highest BCUT2D eigenvalue weighted by Gasteiger charge is 2.34. The van der Waals surface area contributed by atoms with Crippen LogP contribution < -0.4 is 10.1 Å². The van der Waals surface area contributed by atoms with Crippen LogP contribution in [-0.2, 0) is 12.7 Å². The zero-order valence-corrected chi connectivity index (χ0v) is 15.5. The van der Waals surface area contributed by atoms with Gasteiger partial charge in [-0.3, -0.25) is 10.2 Å². The molecule has 1 fully saturated rings. The van der Waals surface area contributed by atoms with Crippen LogP contribution in [0.1, 0.15) is 11.1 Å². The van der Waals surface area contributed by atoms with E-state index in [2.05, 4.69) is 10.2 Å². The molecule has 0 saturated carbocycles. The lowest BCUT2D eigenvalue weighted by Gasteiger charge is -2.33. The number of piperazine rings is 1. The summed E-state index contributed by atoms with van der Waals surface area (Å²) in [7, 11) is 1.99. The third kappa shape index (κ3) is 5.46. The fourth-order valence-electron chi connectivity index (χ4n) is 3.04. The van der Waals surface area contributed by atoms with E-state index in [-0.39, 0.29) is 17.8 Å². The number of likely N-dealkylation sites (N-methyl/N-ethyl adjacent to an activating group) is 1. The van der Waals surface area contributed by atoms with Crippen molar-refractivity contribution in [1.29, 1.82) is 0 Å². The SMILES string of the molecule is CN1CCN(Cc2ccc(NC(=O)Oc3ccccc3)cc2C(F)(F)F)CC1. The van der Waals surface area contributed by atoms with Crippen molar-refractivity contribution in [2.24, 2.45) is 0 Å². The molecular weight excluding hydrogens is 371 g/mol. The lowest BCUT2D eigenvalue weighted by Crippen LogP contribution is -2.44. The van der Waals surface area contributed by atoms with Crippen molar-refractivity contribution in [2.45, 2.75) is 12.7 Å². The van der Waals surface area contributed by atoms with Gasteiger partial charge in [-0.05, 0) is 36.9 Å². The molecule has 0 atom stereocenters. The second-order valence-electron chi connectivity index (χ2n) is 6.78. The van der Waals surface area contributed by atoms with Crippen LogP contribution in [0.2, 0.25) is 0 Å². The highest BCUT2D eigenvalue weighted by molar-refractivity contribution is 5.86. The van der Waals surface area contributed by atoms with E-state index in [9.17, 15) is 18.0 Å². The van der Waals surface area contributed by atoms with Gasteiger partial charge in [-0.25, -0.2) is 4.79 Å². The van der Waals surface area contributed by atoms with Gasteiger partial charge < -0.3 is 9.64 Å². The second-order valence-corrected chi connectivity index (χ2v) is 6.78. The van der Waals surface area contributed by atoms with Crippen LogP contribution >= 0.6 is 0 Å². The van der Waals surface area contributed by atoms with E-state index in [1.54, 1.807) is 30.3 Å². The van der Waals surface area contributed by atoms with Crippen molar-refractivity contribution in [3.8, 4) is 5.75 Å². The van der Waals surface area contributed by atoms with Crippen molar-refractivity contribution < 1.29 is 22.7 Å². The Balaban J connectivity index is 1.72. The average molecular weight is 393 g/mol. The van der Waals surface area contributed by atoms with E-state index in [1.165, 1.54) is 12.1 Å². The minimum Gasteiger partial charge on any atom is -0.410 e. The van der Waals surface area contributed by atoms with Crippen LogP contribution in [0.25, 0.3) is 0 Å². The Bertz CT molecular complexity index is 804. The standard InChI is InChI=1S/C20H22F3N3O2/c1-25-9-11-26(12-10-25)14-15-7-8-16(13-18(15)20(21,22)23)24-19(27)28-17-5-3-2-4-6-17/h2-8,13H,9-12,14H2,1H3,(H,24,27). The topological polar surface area (TPSA) is 44.8 Å². The second kappa shape index (κ2) is 8.62. The number of anilines is 1. The molecule has 1 aliphatic rings. The Morgan fingerprint density at radius 2 is 1.75 bits per heavy atom. The minimum atomic E-state index is -4.51. The van der Waals surface area contributed by atoms with Gasteiger partial charge in [0.2, 0.25) is 0 Å². The fraction of sp³-hybridized carbons (Fsp3) is 0.350. The van der Waals surface area contributed by atoms with Crippen LogP contribution in [0.3, 0.4) is 0 Å². The van der Waals surface area contributed by atoms with Crippen LogP contribution in [0, 0.1) is 0 Å². The predicted molar refractivity (Wildman–Crippen MR) is 100 cm³/mol. The van der Waals surface area contributed by atoms with Crippen LogP contribution in [-0.4, -0.2) is 49.1 Å². The number of carbonyl (C=O) groups is 1. The van der Waals surface area contributed by atoms with E-state index >= 15 is 0 Å². The summed E-state index contributed by atoms with van der Waals surface area (Å²) in [6.45, 7) is 3.31. The molecule has 150 valence electrons. The zero-order chi connectivity index (χ0) is 20.1. The van der Waals surface area contributed by atoms with E-state index in [0.29, 0.717) is 5.75 Å². The first-order valence-corrected chi connectivity index (χ1v) is 8.96. The molecule has 1 heterocycles. The van der Waals surface area contributed by atoms with Gasteiger partial charge in [-0.2, -0.15) is 13.2 Å². The Kier molecular flexibility index (Phi) is 6.21. The maximum Gasteiger partial charge on any atom is 0.417 e. The molecule has 2 aromatic carbocycles. The van der Waals surface area contributed by atoms with Crippen molar-refractivity contribution in [3.63, 3.8) is 0 Å². The number of amides is 1. The summed E-state index contributed by atoms with van der Waals surface area (Å²) < 4.78 is 45.7. The Morgan fingerprint density at radius 3 is 2.39 bits per heavy atom. The van der Waals surface area contributed by atoms with E-state index in [1.807, 2.05) is 11.9 Å². The number of ether oxygens (including phenoxy) is 1. The van der Waals surface area contributed by atoms with Gasteiger partial charge in [0.1, 0.15) is 5.75 Å². The summed E-state index contributed by atoms with van der Waals surface area (Å²) in [6.07, 6.45) is -5.35. The Hall–Kier alpha value is -2.58. The quantitative estimate of drug-likeness (QED) is 0.851. The van der Waals surface area contributed by atoms with Gasteiger partial charge in [0, 0.05) is 38.4 Å². The summed E-state index contributed by atoms with van der Waals surface area (Å²) in [5.41, 5.74) is -0.515. The van der Waals surface area contributed by atoms with Crippen LogP contribution in [0.4, 0.5) is 23.7 Å². The zero-order valence-electron chi connectivity index (χ0n) is 15.5. The molecule has 0 unspecified atom stereocenters. The molecule has 1 N–H and O–H groups in total. The number of nitrogens with zero attached hydrogens (tertiary/aromatic N) is 2. The van der Waals surface area contributed by atoms with Gasteiger partial charge in [0.25, 0.3) is 0 Å². The van der Waals surface area contributed by atoms with Crippen molar-refractivity contribution >= 4 is 11.8 Å². The predicted octanol–water partition coefficient (Wildman–Crippen LogP) is 4.06. The van der Waals surface area contributed by atoms with Crippen molar-refractivity contribution in [2.75, 3.05) is 38.5 Å². The third-order valence-electron chi connectivity index (χ3n) is 4.61. The average Bonchev–Trinajstić information content (AvgIpc) is 2.65. The molecule has 3 rings (SSSR count). The summed E-state index contributed by atoms with van der Waals surface area (Å²) in [5, 5.41) is 2.36. The summed E-state index contributed by atoms with van der Waals surface area (Å²) in [6, 6.07) is 12.2. The van der Waals surface area contributed by atoms with Gasteiger partial charge in [0.15, 0.2) is 0 Å². The van der Waals surface area contributed by atoms with Gasteiger partial charge in [-0.1, -0.05) is 24.3 Å². The molecule has 5 nitrogen and oxygen atoms in total. The number of hydrogen-bond acceptors (Lipinski definition) is 4. The molecule has 2 aromatic rings. The molecule has 1 saturated heterocycles. The number of carbonyl (C=O) groups excluding carboxylic acids is 1. The first-order chi connectivity index (χ1) is 13.3. The molecule has 0 radical (unpaired) electrons. The smallest absolute Gasteiger partial charge is 0.410 e. The molecule has 0 bridgehead atoms. The third-order valence-corrected chi connectivity index (χ3v) is 4.61. The molecule has 0 spiro atoms. The van der Waals surface area contributed by atoms with Crippen LogP contribution in [0.15, 0.2) is 48.5 Å². The van der Waals surface area contributed by atoms with Gasteiger partial charge >= 0.3 is 12.3 Å². The number of halogens is 3. The summed E-state index contributed by atoms with van der Waals surface area (Å²) in [5.74, 6) is 0.308. The van der Waals surface area contributed by atoms with Crippen molar-refractivity contribution in [1.82, 2.24) is 9.80 Å². The number of nitrogens with one attached hydrogen (secondary N) is 1. The molecule has 0 aromatic heterocycles. The highest BCUT2D eigenvalue weighted by Crippen LogP contribution is 2.34. The van der Waals surface area contributed by atoms with Gasteiger partial charge in [-0.15, -0.1) is 0 Å². The lowest BCUT2D eigenvalue weighted by atomic mass is 10.0. The lowest BCUT2D eigenvalue weighted by molar-refractivity contribution is -0.138. The maximum absolute atomic E-state index is 13.6. The van der Waals surface area contributed by atoms with Gasteiger partial charge in [0.05, 0.1) is 5.56 Å². The number of rotatable bonds is 4. The number of para-hydroxylation sites is 1. The highest BCUT2D eigenvalue weighted by atomic mass is 19.4. The molecular formula is C20H22F3N3O2. The normalized spacial score (nSPS) is 16.0. The fourth-order valence-corrected chi connectivity index (χ4v) is 3.04. The maximum atomic E-state index is 13.6. The summed E-state index contributed by atoms with van der Waals surface area (Å²) >= 11 is 0. The Labute approximate surface area is 161 Å². The van der Waals surface area contributed by atoms with E-state index in [4.69, 9.17) is 4.74 Å². The van der Waals surface area contributed by atoms with Crippen LogP contribution in [0.5, 0.6) is 5.75 Å². The first-order valence-electron chi connectivity index (χ1n) is 8.96. The number of hydrogen-bond donors (Lipinski definition) is 1. The Morgan fingerprint density at radius 1 is 1.07 bits per heavy atom. The largest absolute Gasteiger partial charge is 0.417 e. The first kappa shape index (κ1) is 20.2. The minimum absolute atomic E-state index is 0.0374. The molecule has 0 aliphatic carbocycles. The molecule has 1 amide bonds. The monoisotopic (exact) mass is 393 g/mol. The molecule has 8 heteroatoms. The van der Waals surface area contributed by atoms with E-state index in [0.717, 1.165) is 32.2 Å². The number of benzene rings is 2. The van der Waals surface area contributed by atoms with Crippen molar-refractivity contribution in [3.05, 3.63) is 59.7 Å². The molecule has 28 heavy (non-hydrogen) atoms. The molecule has 1 aliphatic heterocycles. The number of alkyl halides is 3. The van der Waals surface area contributed by atoms with E-state index < -0.39 is 17.8 Å².